The molecule has 26 heavy (non-hydrogen) atoms. The van der Waals surface area contributed by atoms with Gasteiger partial charge in [-0.1, -0.05) is 24.3 Å². The van der Waals surface area contributed by atoms with Crippen molar-refractivity contribution in [3.05, 3.63) is 59.2 Å². The van der Waals surface area contributed by atoms with E-state index in [-0.39, 0.29) is 18.6 Å². The third kappa shape index (κ3) is 6.79. The van der Waals surface area contributed by atoms with Gasteiger partial charge in [-0.15, -0.1) is 0 Å². The van der Waals surface area contributed by atoms with Crippen molar-refractivity contribution >= 4 is 5.91 Å². The fourth-order valence-electron chi connectivity index (χ4n) is 2.62. The molecule has 2 aromatic carbocycles. The second-order valence-corrected chi connectivity index (χ2v) is 6.83. The van der Waals surface area contributed by atoms with Crippen LogP contribution in [0.4, 0.5) is 0 Å². The highest BCUT2D eigenvalue weighted by atomic mass is 16.5. The highest BCUT2D eigenvalue weighted by Crippen LogP contribution is 2.19. The first-order valence-electron chi connectivity index (χ1n) is 9.16. The van der Waals surface area contributed by atoms with Crippen molar-refractivity contribution in [2.75, 3.05) is 13.2 Å². The standard InChI is InChI=1S/C22H29NO3/c1-16(2)26-20-9-5-7-19(14-20)8-6-12-23-22(24)15-25-21-13-17(3)10-11-18(21)4/h5,7,9-11,13-14,16H,6,8,12,15H2,1-4H3,(H,23,24). The van der Waals surface area contributed by atoms with Gasteiger partial charge in [0.2, 0.25) is 0 Å². The average Bonchev–Trinajstić information content (AvgIpc) is 2.59. The number of carbonyl (C=O) groups is 1. The Morgan fingerprint density at radius 3 is 2.69 bits per heavy atom. The lowest BCUT2D eigenvalue weighted by atomic mass is 10.1. The Balaban J connectivity index is 1.69. The number of aryl methyl sites for hydroxylation is 3. The molecule has 140 valence electrons. The van der Waals surface area contributed by atoms with Gasteiger partial charge in [-0.25, -0.2) is 0 Å². The molecule has 0 unspecified atom stereocenters. The summed E-state index contributed by atoms with van der Waals surface area (Å²) in [6, 6.07) is 14.1. The van der Waals surface area contributed by atoms with Crippen LogP contribution in [0.25, 0.3) is 0 Å². The summed E-state index contributed by atoms with van der Waals surface area (Å²) >= 11 is 0. The minimum atomic E-state index is -0.0946. The molecule has 0 saturated heterocycles. The summed E-state index contributed by atoms with van der Waals surface area (Å²) in [6.07, 6.45) is 1.94. The molecule has 0 radical (unpaired) electrons. The molecule has 0 bridgehead atoms. The lowest BCUT2D eigenvalue weighted by Crippen LogP contribution is -2.30. The van der Waals surface area contributed by atoms with E-state index in [4.69, 9.17) is 9.47 Å². The van der Waals surface area contributed by atoms with Crippen LogP contribution in [0.3, 0.4) is 0 Å². The molecule has 0 aliphatic carbocycles. The predicted octanol–water partition coefficient (Wildman–Crippen LogP) is 4.22. The van der Waals surface area contributed by atoms with Gasteiger partial charge in [0.25, 0.3) is 5.91 Å². The highest BCUT2D eigenvalue weighted by Gasteiger charge is 2.05. The third-order valence-corrected chi connectivity index (χ3v) is 3.94. The maximum absolute atomic E-state index is 11.9. The minimum absolute atomic E-state index is 0.0437. The Kier molecular flexibility index (Phi) is 7.52. The molecule has 0 aromatic heterocycles. The van der Waals surface area contributed by atoms with Gasteiger partial charge < -0.3 is 14.8 Å². The summed E-state index contributed by atoms with van der Waals surface area (Å²) in [5, 5.41) is 2.91. The number of ether oxygens (including phenoxy) is 2. The first-order valence-corrected chi connectivity index (χ1v) is 9.16. The fraction of sp³-hybridized carbons (Fsp3) is 0.409. The van der Waals surface area contributed by atoms with Crippen LogP contribution in [0, 0.1) is 13.8 Å². The van der Waals surface area contributed by atoms with Gasteiger partial charge in [0, 0.05) is 6.54 Å². The summed E-state index contributed by atoms with van der Waals surface area (Å²) < 4.78 is 11.3. The third-order valence-electron chi connectivity index (χ3n) is 3.94. The largest absolute Gasteiger partial charge is 0.491 e. The van der Waals surface area contributed by atoms with Gasteiger partial charge in [-0.2, -0.15) is 0 Å². The zero-order valence-electron chi connectivity index (χ0n) is 16.2. The van der Waals surface area contributed by atoms with Crippen molar-refractivity contribution in [2.24, 2.45) is 0 Å². The van der Waals surface area contributed by atoms with E-state index in [0.717, 1.165) is 35.5 Å². The van der Waals surface area contributed by atoms with E-state index in [1.165, 1.54) is 5.56 Å². The Morgan fingerprint density at radius 1 is 1.12 bits per heavy atom. The van der Waals surface area contributed by atoms with Gasteiger partial charge in [0.1, 0.15) is 11.5 Å². The molecule has 0 aliphatic heterocycles. The molecule has 1 amide bonds. The van der Waals surface area contributed by atoms with Crippen LogP contribution < -0.4 is 14.8 Å². The SMILES string of the molecule is Cc1ccc(C)c(OCC(=O)NCCCc2cccc(OC(C)C)c2)c1. The number of hydrogen-bond donors (Lipinski definition) is 1. The molecule has 0 spiro atoms. The van der Waals surface area contributed by atoms with Gasteiger partial charge in [-0.3, -0.25) is 4.79 Å². The molecule has 2 aromatic rings. The summed E-state index contributed by atoms with van der Waals surface area (Å²) in [4.78, 5) is 11.9. The smallest absolute Gasteiger partial charge is 0.257 e. The van der Waals surface area contributed by atoms with Crippen molar-refractivity contribution in [2.45, 2.75) is 46.6 Å². The molecule has 4 nitrogen and oxygen atoms in total. The van der Waals surface area contributed by atoms with Crippen LogP contribution in [0.2, 0.25) is 0 Å². The van der Waals surface area contributed by atoms with Crippen molar-refractivity contribution in [1.82, 2.24) is 5.32 Å². The van der Waals surface area contributed by atoms with Gasteiger partial charge in [-0.05, 0) is 75.4 Å². The molecule has 0 atom stereocenters. The number of rotatable bonds is 9. The zero-order chi connectivity index (χ0) is 18.9. The van der Waals surface area contributed by atoms with Gasteiger partial charge >= 0.3 is 0 Å². The second-order valence-electron chi connectivity index (χ2n) is 6.83. The number of amides is 1. The van der Waals surface area contributed by atoms with Crippen molar-refractivity contribution in [3.8, 4) is 11.5 Å². The van der Waals surface area contributed by atoms with Crippen LogP contribution in [-0.2, 0) is 11.2 Å². The van der Waals surface area contributed by atoms with Crippen LogP contribution >= 0.6 is 0 Å². The molecule has 2 rings (SSSR count). The quantitative estimate of drug-likeness (QED) is 0.685. The van der Waals surface area contributed by atoms with E-state index >= 15 is 0 Å². The molecular weight excluding hydrogens is 326 g/mol. The maximum Gasteiger partial charge on any atom is 0.257 e. The summed E-state index contributed by atoms with van der Waals surface area (Å²) in [5.41, 5.74) is 3.37. The van der Waals surface area contributed by atoms with Crippen LogP contribution in [0.1, 0.15) is 37.0 Å². The van der Waals surface area contributed by atoms with E-state index in [9.17, 15) is 4.79 Å². The van der Waals surface area contributed by atoms with E-state index in [1.54, 1.807) is 0 Å². The monoisotopic (exact) mass is 355 g/mol. The maximum atomic E-state index is 11.9. The van der Waals surface area contributed by atoms with E-state index in [0.29, 0.717) is 6.54 Å². The fourth-order valence-corrected chi connectivity index (χ4v) is 2.62. The van der Waals surface area contributed by atoms with Crippen molar-refractivity contribution < 1.29 is 14.3 Å². The second kappa shape index (κ2) is 9.85. The lowest BCUT2D eigenvalue weighted by molar-refractivity contribution is -0.123. The topological polar surface area (TPSA) is 47.6 Å². The van der Waals surface area contributed by atoms with Crippen molar-refractivity contribution in [1.29, 1.82) is 0 Å². The van der Waals surface area contributed by atoms with Gasteiger partial charge in [0.15, 0.2) is 6.61 Å². The Labute approximate surface area is 156 Å². The molecule has 0 fully saturated rings. The van der Waals surface area contributed by atoms with Crippen LogP contribution in [-0.4, -0.2) is 25.2 Å². The van der Waals surface area contributed by atoms with E-state index in [2.05, 4.69) is 17.4 Å². The number of carbonyl (C=O) groups excluding carboxylic acids is 1. The zero-order valence-corrected chi connectivity index (χ0v) is 16.2. The molecule has 0 heterocycles. The average molecular weight is 355 g/mol. The Bertz CT molecular complexity index is 725. The van der Waals surface area contributed by atoms with E-state index < -0.39 is 0 Å². The molecule has 0 saturated carbocycles. The number of hydrogen-bond acceptors (Lipinski definition) is 3. The lowest BCUT2D eigenvalue weighted by Gasteiger charge is -2.11. The minimum Gasteiger partial charge on any atom is -0.491 e. The Morgan fingerprint density at radius 2 is 1.92 bits per heavy atom. The summed E-state index contributed by atoms with van der Waals surface area (Å²) in [5.74, 6) is 1.56. The first kappa shape index (κ1) is 19.8. The first-order chi connectivity index (χ1) is 12.4. The molecule has 0 aliphatic rings. The van der Waals surface area contributed by atoms with Gasteiger partial charge in [0.05, 0.1) is 6.10 Å². The Hall–Kier alpha value is -2.49. The summed E-state index contributed by atoms with van der Waals surface area (Å²) in [7, 11) is 0. The molecule has 4 heteroatoms. The normalized spacial score (nSPS) is 10.7. The predicted molar refractivity (Wildman–Crippen MR) is 105 cm³/mol. The van der Waals surface area contributed by atoms with Crippen LogP contribution in [0.5, 0.6) is 11.5 Å². The molecular formula is C22H29NO3. The number of benzene rings is 2. The molecule has 1 N–H and O–H groups in total. The van der Waals surface area contributed by atoms with Crippen molar-refractivity contribution in [3.63, 3.8) is 0 Å². The summed E-state index contributed by atoms with van der Waals surface area (Å²) in [6.45, 7) is 8.69. The van der Waals surface area contributed by atoms with Crippen LogP contribution in [0.15, 0.2) is 42.5 Å². The van der Waals surface area contributed by atoms with E-state index in [1.807, 2.05) is 58.0 Å². The number of nitrogens with one attached hydrogen (secondary N) is 1. The highest BCUT2D eigenvalue weighted by molar-refractivity contribution is 5.77.